The van der Waals surface area contributed by atoms with Crippen LogP contribution >= 0.6 is 12.4 Å². The molecule has 122 valence electrons. The number of hydrogen-bond donors (Lipinski definition) is 1. The Bertz CT molecular complexity index is 967. The third kappa shape index (κ3) is 2.70. The smallest absolute Gasteiger partial charge is 0.123 e. The monoisotopic (exact) mass is 338 g/mol. The maximum Gasteiger partial charge on any atom is 0.123 e. The lowest BCUT2D eigenvalue weighted by Gasteiger charge is -2.12. The van der Waals surface area contributed by atoms with Gasteiger partial charge in [-0.3, -0.25) is 9.13 Å². The molecule has 4 rings (SSSR count). The van der Waals surface area contributed by atoms with Crippen molar-refractivity contribution < 1.29 is 0 Å². The molecule has 2 aromatic heterocycles. The summed E-state index contributed by atoms with van der Waals surface area (Å²) in [6.45, 7) is 2.56. The Balaban J connectivity index is 0.00000169. The minimum Gasteiger partial charge on any atom is -0.326 e. The topological polar surface area (TPSA) is 48.8 Å². The molecule has 0 amide bonds. The van der Waals surface area contributed by atoms with E-state index in [1.165, 1.54) is 10.9 Å². The number of nitrogens with two attached hydrogens (primary N) is 1. The number of para-hydroxylation sites is 1. The number of hydrogen-bond acceptors (Lipinski definition) is 2. The minimum atomic E-state index is 0. The fourth-order valence-electron chi connectivity index (χ4n) is 2.93. The average Bonchev–Trinajstić information content (AvgIpc) is 3.18. The molecule has 0 aliphatic rings. The van der Waals surface area contributed by atoms with Gasteiger partial charge in [0, 0.05) is 23.8 Å². The van der Waals surface area contributed by atoms with Crippen molar-refractivity contribution in [3.05, 3.63) is 78.4 Å². The van der Waals surface area contributed by atoms with Gasteiger partial charge >= 0.3 is 0 Å². The molecule has 4 aromatic rings. The number of nitrogens with zero attached hydrogens (tertiary/aromatic N) is 3. The Morgan fingerprint density at radius 1 is 1.04 bits per heavy atom. The molecule has 5 heteroatoms. The highest BCUT2D eigenvalue weighted by atomic mass is 35.5. The molecule has 0 bridgehead atoms. The van der Waals surface area contributed by atoms with Gasteiger partial charge in [0.25, 0.3) is 0 Å². The van der Waals surface area contributed by atoms with Crippen LogP contribution in [0.15, 0.2) is 67.1 Å². The van der Waals surface area contributed by atoms with Crippen LogP contribution in [0.1, 0.15) is 11.3 Å². The first-order chi connectivity index (χ1) is 11.3. The van der Waals surface area contributed by atoms with Crippen LogP contribution in [0.25, 0.3) is 22.4 Å². The number of aromatic nitrogens is 3. The Labute approximate surface area is 147 Å². The summed E-state index contributed by atoms with van der Waals surface area (Å²) in [5, 5.41) is 1.21. The normalized spacial score (nSPS) is 10.8. The van der Waals surface area contributed by atoms with Crippen LogP contribution in [0.5, 0.6) is 0 Å². The zero-order chi connectivity index (χ0) is 15.8. The van der Waals surface area contributed by atoms with Crippen molar-refractivity contribution >= 4 is 23.3 Å². The summed E-state index contributed by atoms with van der Waals surface area (Å²) < 4.78 is 4.31. The van der Waals surface area contributed by atoms with Crippen molar-refractivity contribution in [3.63, 3.8) is 0 Å². The summed E-state index contributed by atoms with van der Waals surface area (Å²) >= 11 is 0. The van der Waals surface area contributed by atoms with Crippen molar-refractivity contribution in [2.75, 3.05) is 0 Å². The summed E-state index contributed by atoms with van der Waals surface area (Å²) in [7, 11) is 0. The summed E-state index contributed by atoms with van der Waals surface area (Å²) in [6, 6.07) is 19.0. The summed E-state index contributed by atoms with van der Waals surface area (Å²) in [6.07, 6.45) is 3.90. The molecule has 0 atom stereocenters. The van der Waals surface area contributed by atoms with Crippen molar-refractivity contribution in [3.8, 4) is 11.5 Å². The molecule has 0 unspecified atom stereocenters. The fourth-order valence-corrected chi connectivity index (χ4v) is 2.93. The molecule has 24 heavy (non-hydrogen) atoms. The highest BCUT2D eigenvalue weighted by Crippen LogP contribution is 2.27. The van der Waals surface area contributed by atoms with Gasteiger partial charge in [-0.1, -0.05) is 30.3 Å². The van der Waals surface area contributed by atoms with Gasteiger partial charge in [0.2, 0.25) is 0 Å². The highest BCUT2D eigenvalue weighted by molar-refractivity contribution is 5.85. The van der Waals surface area contributed by atoms with Crippen LogP contribution < -0.4 is 5.73 Å². The number of aryl methyl sites for hydroxylation is 1. The Kier molecular flexibility index (Phi) is 4.42. The molecular formula is C19H19ClN4. The lowest BCUT2D eigenvalue weighted by molar-refractivity contribution is 0.941. The third-order valence-electron chi connectivity index (χ3n) is 4.10. The number of halogens is 1. The summed E-state index contributed by atoms with van der Waals surface area (Å²) in [4.78, 5) is 4.36. The Morgan fingerprint density at radius 3 is 2.46 bits per heavy atom. The standard InChI is InChI=1S/C19H18N4.ClH/c1-14-12-22(13-21-14)19-10-16-4-2-3-5-18(16)23(19)17-8-6-15(11-20)7-9-17;/h2-10,12-13H,11,20H2,1H3;1H. The van der Waals surface area contributed by atoms with Crippen LogP contribution in [0.4, 0.5) is 0 Å². The minimum absolute atomic E-state index is 0. The second kappa shape index (κ2) is 6.51. The molecule has 2 heterocycles. The van der Waals surface area contributed by atoms with Crippen LogP contribution in [0.2, 0.25) is 0 Å². The van der Waals surface area contributed by atoms with Gasteiger partial charge in [0.15, 0.2) is 0 Å². The molecule has 0 spiro atoms. The van der Waals surface area contributed by atoms with Gasteiger partial charge in [-0.2, -0.15) is 0 Å². The molecule has 2 aromatic carbocycles. The van der Waals surface area contributed by atoms with E-state index in [9.17, 15) is 0 Å². The number of fused-ring (bicyclic) bond motifs is 1. The third-order valence-corrected chi connectivity index (χ3v) is 4.10. The molecule has 0 fully saturated rings. The largest absolute Gasteiger partial charge is 0.326 e. The molecule has 0 aliphatic heterocycles. The van der Waals surface area contributed by atoms with Gasteiger partial charge in [0.05, 0.1) is 11.2 Å². The molecule has 0 radical (unpaired) electrons. The Hall–Kier alpha value is -2.56. The summed E-state index contributed by atoms with van der Waals surface area (Å²) in [5.41, 5.74) is 10.1. The van der Waals surface area contributed by atoms with E-state index in [0.29, 0.717) is 6.54 Å². The first kappa shape index (κ1) is 16.3. The number of imidazole rings is 1. The van der Waals surface area contributed by atoms with E-state index < -0.39 is 0 Å². The van der Waals surface area contributed by atoms with Crippen molar-refractivity contribution in [1.82, 2.24) is 14.1 Å². The SMILES string of the molecule is Cc1cn(-c2cc3ccccc3n2-c2ccc(CN)cc2)cn1.Cl. The highest BCUT2D eigenvalue weighted by Gasteiger charge is 2.12. The van der Waals surface area contributed by atoms with E-state index in [0.717, 1.165) is 22.8 Å². The molecule has 2 N–H and O–H groups in total. The van der Waals surface area contributed by atoms with Gasteiger partial charge < -0.3 is 5.73 Å². The van der Waals surface area contributed by atoms with E-state index in [4.69, 9.17) is 5.73 Å². The lowest BCUT2D eigenvalue weighted by Crippen LogP contribution is -2.03. The summed E-state index contributed by atoms with van der Waals surface area (Å²) in [5.74, 6) is 1.08. The van der Waals surface area contributed by atoms with Crippen molar-refractivity contribution in [2.45, 2.75) is 13.5 Å². The quantitative estimate of drug-likeness (QED) is 0.613. The van der Waals surface area contributed by atoms with Crippen LogP contribution in [-0.4, -0.2) is 14.1 Å². The van der Waals surface area contributed by atoms with Gasteiger partial charge in [0.1, 0.15) is 12.1 Å². The zero-order valence-electron chi connectivity index (χ0n) is 13.4. The van der Waals surface area contributed by atoms with Crippen LogP contribution in [-0.2, 0) is 6.54 Å². The lowest BCUT2D eigenvalue weighted by atomic mass is 10.2. The predicted octanol–water partition coefficient (Wildman–Crippen LogP) is 4.01. The van der Waals surface area contributed by atoms with Gasteiger partial charge in [-0.15, -0.1) is 12.4 Å². The van der Waals surface area contributed by atoms with E-state index in [-0.39, 0.29) is 12.4 Å². The molecule has 0 aliphatic carbocycles. The van der Waals surface area contributed by atoms with Gasteiger partial charge in [-0.05, 0) is 36.8 Å². The van der Waals surface area contributed by atoms with Crippen molar-refractivity contribution in [2.24, 2.45) is 5.73 Å². The maximum atomic E-state index is 5.71. The second-order valence-electron chi connectivity index (χ2n) is 5.69. The van der Waals surface area contributed by atoms with E-state index >= 15 is 0 Å². The molecular weight excluding hydrogens is 320 g/mol. The average molecular weight is 339 g/mol. The fraction of sp³-hybridized carbons (Fsp3) is 0.105. The zero-order valence-corrected chi connectivity index (χ0v) is 14.2. The molecule has 0 saturated carbocycles. The second-order valence-corrected chi connectivity index (χ2v) is 5.69. The predicted molar refractivity (Wildman–Crippen MR) is 100 cm³/mol. The van der Waals surface area contributed by atoms with Gasteiger partial charge in [-0.25, -0.2) is 4.98 Å². The van der Waals surface area contributed by atoms with E-state index in [1.807, 2.05) is 19.4 Å². The van der Waals surface area contributed by atoms with Crippen LogP contribution in [0.3, 0.4) is 0 Å². The Morgan fingerprint density at radius 2 is 1.79 bits per heavy atom. The number of rotatable bonds is 3. The first-order valence-electron chi connectivity index (χ1n) is 7.67. The van der Waals surface area contributed by atoms with Crippen LogP contribution in [0, 0.1) is 6.92 Å². The molecule has 0 saturated heterocycles. The van der Waals surface area contributed by atoms with Crippen molar-refractivity contribution in [1.29, 1.82) is 0 Å². The molecule has 4 nitrogen and oxygen atoms in total. The number of benzene rings is 2. The van der Waals surface area contributed by atoms with E-state index in [2.05, 4.69) is 68.7 Å². The maximum absolute atomic E-state index is 5.71. The first-order valence-corrected chi connectivity index (χ1v) is 7.67. The van der Waals surface area contributed by atoms with E-state index in [1.54, 1.807) is 0 Å².